The maximum Gasteiger partial charge on any atom is 0.262 e. The lowest BCUT2D eigenvalue weighted by Crippen LogP contribution is -2.53. The maximum atomic E-state index is 13.6. The number of para-hydroxylation sites is 2. The van der Waals surface area contributed by atoms with Crippen molar-refractivity contribution in [3.05, 3.63) is 42.0 Å². The number of ether oxygens (including phenoxy) is 2. The predicted molar refractivity (Wildman–Crippen MR) is 139 cm³/mol. The molecule has 2 aromatic rings. The van der Waals surface area contributed by atoms with Gasteiger partial charge in [-0.05, 0) is 43.5 Å². The first-order valence-corrected chi connectivity index (χ1v) is 14.0. The van der Waals surface area contributed by atoms with E-state index in [0.717, 1.165) is 11.4 Å². The number of carbonyl (C=O) groups is 2. The second-order valence-corrected chi connectivity index (χ2v) is 11.5. The van der Waals surface area contributed by atoms with Crippen molar-refractivity contribution in [1.29, 1.82) is 0 Å². The zero-order valence-corrected chi connectivity index (χ0v) is 21.9. The van der Waals surface area contributed by atoms with Crippen molar-refractivity contribution in [2.24, 2.45) is 5.92 Å². The molecule has 1 N–H and O–H groups in total. The lowest BCUT2D eigenvalue weighted by atomic mass is 9.97. The number of anilines is 2. The van der Waals surface area contributed by atoms with Gasteiger partial charge >= 0.3 is 0 Å². The summed E-state index contributed by atoms with van der Waals surface area (Å²) in [5.41, 5.74) is 1.99. The van der Waals surface area contributed by atoms with Crippen LogP contribution in [0.25, 0.3) is 0 Å². The molecule has 0 unspecified atom stereocenters. The molecule has 3 aliphatic heterocycles. The summed E-state index contributed by atoms with van der Waals surface area (Å²) in [5.74, 6) is 0.494. The van der Waals surface area contributed by atoms with Gasteiger partial charge < -0.3 is 24.6 Å². The number of piperidine rings is 1. The number of hydrogen-bond donors (Lipinski definition) is 1. The number of methoxy groups -OCH3 is 1. The van der Waals surface area contributed by atoms with Crippen LogP contribution in [0.15, 0.2) is 41.3 Å². The highest BCUT2D eigenvalue weighted by Crippen LogP contribution is 2.35. The van der Waals surface area contributed by atoms with Crippen LogP contribution in [0, 0.1) is 12.8 Å². The Morgan fingerprint density at radius 1 is 1.11 bits per heavy atom. The van der Waals surface area contributed by atoms with Crippen LogP contribution in [0.3, 0.4) is 0 Å². The Balaban J connectivity index is 1.26. The molecular weight excluding hydrogens is 496 g/mol. The largest absolute Gasteiger partial charge is 0.495 e. The van der Waals surface area contributed by atoms with Gasteiger partial charge in [-0.1, -0.05) is 12.1 Å². The van der Waals surface area contributed by atoms with Gasteiger partial charge in [0.2, 0.25) is 15.9 Å². The van der Waals surface area contributed by atoms with Gasteiger partial charge in [0.1, 0.15) is 11.5 Å². The minimum atomic E-state index is -3.84. The number of aryl methyl sites for hydroxylation is 1. The van der Waals surface area contributed by atoms with Crippen LogP contribution in [0.1, 0.15) is 18.4 Å². The third-order valence-corrected chi connectivity index (χ3v) is 9.29. The Kier molecular flexibility index (Phi) is 7.00. The van der Waals surface area contributed by atoms with Crippen molar-refractivity contribution in [3.8, 4) is 11.5 Å². The standard InChI is InChI=1S/C26H32N4O6S/c1-18-14-20-23(36-17-25(31)27-20)15-24(18)37(33,34)30-9-5-6-19(16-30)26(32)29-12-10-28(11-13-29)21-7-3-4-8-22(21)35-2/h3-4,7-8,14-15,19H,5-6,9-13,16-17H2,1-2H3,(H,27,31)/t19-/m0/s1. The number of benzene rings is 2. The molecule has 2 fully saturated rings. The molecule has 2 aromatic carbocycles. The molecule has 0 spiro atoms. The summed E-state index contributed by atoms with van der Waals surface area (Å²) in [4.78, 5) is 29.2. The molecule has 198 valence electrons. The second-order valence-electron chi connectivity index (χ2n) is 9.64. The van der Waals surface area contributed by atoms with Crippen LogP contribution >= 0.6 is 0 Å². The van der Waals surface area contributed by atoms with Crippen molar-refractivity contribution in [3.63, 3.8) is 0 Å². The van der Waals surface area contributed by atoms with Crippen molar-refractivity contribution in [1.82, 2.24) is 9.21 Å². The molecule has 5 rings (SSSR count). The van der Waals surface area contributed by atoms with Crippen LogP contribution in [0.4, 0.5) is 11.4 Å². The van der Waals surface area contributed by atoms with Crippen LogP contribution in [-0.4, -0.2) is 82.4 Å². The molecular formula is C26H32N4O6S. The maximum absolute atomic E-state index is 13.6. The number of rotatable bonds is 5. The summed E-state index contributed by atoms with van der Waals surface area (Å²) in [5, 5.41) is 2.70. The molecule has 0 radical (unpaired) electrons. The molecule has 2 saturated heterocycles. The fraction of sp³-hybridized carbons (Fsp3) is 0.462. The number of carbonyl (C=O) groups excluding carboxylic acids is 2. The number of amides is 2. The van der Waals surface area contributed by atoms with Crippen molar-refractivity contribution >= 4 is 33.2 Å². The van der Waals surface area contributed by atoms with Crippen molar-refractivity contribution in [2.75, 3.05) is 63.2 Å². The highest BCUT2D eigenvalue weighted by molar-refractivity contribution is 7.89. The van der Waals surface area contributed by atoms with E-state index in [-0.39, 0.29) is 35.8 Å². The topological polar surface area (TPSA) is 108 Å². The van der Waals surface area contributed by atoms with Gasteiger partial charge in [-0.2, -0.15) is 4.31 Å². The smallest absolute Gasteiger partial charge is 0.262 e. The van der Waals surface area contributed by atoms with Crippen molar-refractivity contribution in [2.45, 2.75) is 24.7 Å². The normalized spacial score (nSPS) is 20.6. The molecule has 0 saturated carbocycles. The highest BCUT2D eigenvalue weighted by atomic mass is 32.2. The summed E-state index contributed by atoms with van der Waals surface area (Å²) in [6, 6.07) is 10.9. The first kappa shape index (κ1) is 25.3. The third kappa shape index (κ3) is 4.97. The number of sulfonamides is 1. The summed E-state index contributed by atoms with van der Waals surface area (Å²) in [6.07, 6.45) is 1.28. The van der Waals surface area contributed by atoms with Crippen LogP contribution < -0.4 is 19.7 Å². The summed E-state index contributed by atoms with van der Waals surface area (Å²) in [7, 11) is -2.19. The quantitative estimate of drug-likeness (QED) is 0.633. The predicted octanol–water partition coefficient (Wildman–Crippen LogP) is 2.08. The highest BCUT2D eigenvalue weighted by Gasteiger charge is 2.37. The molecule has 0 aromatic heterocycles. The van der Waals surface area contributed by atoms with Crippen LogP contribution in [0.2, 0.25) is 0 Å². The average Bonchev–Trinajstić information content (AvgIpc) is 2.92. The minimum Gasteiger partial charge on any atom is -0.495 e. The molecule has 1 atom stereocenters. The molecule has 11 heteroatoms. The number of nitrogens with zero attached hydrogens (tertiary/aromatic N) is 3. The van der Waals surface area contributed by atoms with Gasteiger partial charge in [0.05, 0.1) is 29.3 Å². The lowest BCUT2D eigenvalue weighted by molar-refractivity contribution is -0.137. The Morgan fingerprint density at radius 3 is 2.62 bits per heavy atom. The van der Waals surface area contributed by atoms with Gasteiger partial charge in [0, 0.05) is 45.3 Å². The first-order valence-electron chi connectivity index (χ1n) is 12.5. The lowest BCUT2D eigenvalue weighted by Gasteiger charge is -2.39. The zero-order chi connectivity index (χ0) is 26.2. The van der Waals surface area contributed by atoms with E-state index < -0.39 is 10.0 Å². The van der Waals surface area contributed by atoms with E-state index >= 15 is 0 Å². The van der Waals surface area contributed by atoms with Gasteiger partial charge in [0.15, 0.2) is 6.61 Å². The van der Waals surface area contributed by atoms with E-state index in [2.05, 4.69) is 10.2 Å². The Bertz CT molecular complexity index is 1310. The molecule has 2 amide bonds. The Morgan fingerprint density at radius 2 is 1.86 bits per heavy atom. The number of nitrogens with one attached hydrogen (secondary N) is 1. The molecule has 37 heavy (non-hydrogen) atoms. The summed E-state index contributed by atoms with van der Waals surface area (Å²) < 4.78 is 39.5. The van der Waals surface area contributed by atoms with Gasteiger partial charge in [-0.3, -0.25) is 9.59 Å². The van der Waals surface area contributed by atoms with Gasteiger partial charge in [-0.15, -0.1) is 0 Å². The van der Waals surface area contributed by atoms with Gasteiger partial charge in [0.25, 0.3) is 5.91 Å². The number of fused-ring (bicyclic) bond motifs is 1. The molecule has 0 aliphatic carbocycles. The summed E-state index contributed by atoms with van der Waals surface area (Å²) >= 11 is 0. The zero-order valence-electron chi connectivity index (χ0n) is 21.1. The van der Waals surface area contributed by atoms with Gasteiger partial charge in [-0.25, -0.2) is 8.42 Å². The Hall–Kier alpha value is -3.31. The monoisotopic (exact) mass is 528 g/mol. The third-order valence-electron chi connectivity index (χ3n) is 7.28. The van der Waals surface area contributed by atoms with E-state index in [9.17, 15) is 18.0 Å². The average molecular weight is 529 g/mol. The van der Waals surface area contributed by atoms with E-state index in [1.165, 1.54) is 10.4 Å². The van der Waals surface area contributed by atoms with Crippen LogP contribution in [0.5, 0.6) is 11.5 Å². The number of hydrogen-bond acceptors (Lipinski definition) is 7. The minimum absolute atomic E-state index is 0.00721. The molecule has 10 nitrogen and oxygen atoms in total. The Labute approximate surface area is 217 Å². The summed E-state index contributed by atoms with van der Waals surface area (Å²) in [6.45, 7) is 4.59. The fourth-order valence-corrected chi connectivity index (χ4v) is 7.06. The SMILES string of the molecule is COc1ccccc1N1CCN(C(=O)[C@H]2CCCN(S(=O)(=O)c3cc4c(cc3C)NC(=O)CO4)C2)CC1. The van der Waals surface area contributed by atoms with Crippen molar-refractivity contribution < 1.29 is 27.5 Å². The van der Waals surface area contributed by atoms with E-state index in [1.54, 1.807) is 20.1 Å². The van der Waals surface area contributed by atoms with E-state index in [0.29, 0.717) is 62.6 Å². The fourth-order valence-electron chi connectivity index (χ4n) is 5.31. The molecule has 3 aliphatic rings. The van der Waals surface area contributed by atoms with Crippen LogP contribution in [-0.2, 0) is 19.6 Å². The second kappa shape index (κ2) is 10.2. The molecule has 3 heterocycles. The molecule has 0 bridgehead atoms. The number of piperazine rings is 1. The van der Waals surface area contributed by atoms with E-state index in [4.69, 9.17) is 9.47 Å². The first-order chi connectivity index (χ1) is 17.8. The van der Waals surface area contributed by atoms with E-state index in [1.807, 2.05) is 29.2 Å².